The van der Waals surface area contributed by atoms with Crippen molar-refractivity contribution < 1.29 is 14.3 Å². The molecule has 0 spiro atoms. The van der Waals surface area contributed by atoms with E-state index in [1.165, 1.54) is 0 Å². The third kappa shape index (κ3) is 6.30. The minimum absolute atomic E-state index is 0.123. The molecular formula is C20H21ClN2O3. The predicted molar refractivity (Wildman–Crippen MR) is 100 cm³/mol. The van der Waals surface area contributed by atoms with Crippen molar-refractivity contribution in [2.24, 2.45) is 0 Å². The molecule has 0 saturated heterocycles. The van der Waals surface area contributed by atoms with E-state index in [0.717, 1.165) is 11.1 Å². The van der Waals surface area contributed by atoms with Crippen molar-refractivity contribution >= 4 is 17.5 Å². The normalized spacial score (nSPS) is 10.0. The molecule has 0 aliphatic carbocycles. The Bertz CT molecular complexity index is 770. The Morgan fingerprint density at radius 1 is 1.12 bits per heavy atom. The van der Waals surface area contributed by atoms with Gasteiger partial charge in [0.2, 0.25) is 5.91 Å². The summed E-state index contributed by atoms with van der Waals surface area (Å²) in [6, 6.07) is 15.0. The van der Waals surface area contributed by atoms with Crippen molar-refractivity contribution in [3.63, 3.8) is 0 Å². The monoisotopic (exact) mass is 372 g/mol. The summed E-state index contributed by atoms with van der Waals surface area (Å²) < 4.78 is 11.5. The maximum Gasteiger partial charge on any atom is 0.234 e. The van der Waals surface area contributed by atoms with Crippen LogP contribution >= 0.6 is 11.6 Å². The van der Waals surface area contributed by atoms with Gasteiger partial charge in [0.05, 0.1) is 12.7 Å². The Morgan fingerprint density at radius 2 is 1.85 bits per heavy atom. The molecule has 1 amide bonds. The van der Waals surface area contributed by atoms with Crippen molar-refractivity contribution in [3.05, 3.63) is 58.6 Å². The highest BCUT2D eigenvalue weighted by Gasteiger charge is 2.08. The fraction of sp³-hybridized carbons (Fsp3) is 0.300. The number of nitrogens with zero attached hydrogens (tertiary/aromatic N) is 1. The number of hydrogen-bond donors (Lipinski definition) is 1. The van der Waals surface area contributed by atoms with Gasteiger partial charge in [-0.1, -0.05) is 29.8 Å². The molecule has 0 aromatic heterocycles. The molecule has 0 unspecified atom stereocenters. The van der Waals surface area contributed by atoms with Gasteiger partial charge < -0.3 is 14.8 Å². The van der Waals surface area contributed by atoms with Crippen LogP contribution in [0.2, 0.25) is 5.02 Å². The standard InChI is InChI=1S/C20H21ClN2O3/c1-2-25-19-13-15(10-12-23-20(24)9-11-22)5-8-18(19)26-14-16-3-6-17(21)7-4-16/h3-8,13H,2,9-10,12,14H2,1H3,(H,23,24). The number of amides is 1. The van der Waals surface area contributed by atoms with Crippen molar-refractivity contribution in [3.8, 4) is 17.6 Å². The van der Waals surface area contributed by atoms with E-state index in [1.54, 1.807) is 0 Å². The summed E-state index contributed by atoms with van der Waals surface area (Å²) in [5.41, 5.74) is 2.03. The van der Waals surface area contributed by atoms with Gasteiger partial charge in [0.1, 0.15) is 13.0 Å². The molecule has 0 atom stereocenters. The third-order valence-electron chi connectivity index (χ3n) is 3.59. The van der Waals surface area contributed by atoms with Gasteiger partial charge in [-0.25, -0.2) is 0 Å². The summed E-state index contributed by atoms with van der Waals surface area (Å²) in [5, 5.41) is 11.9. The zero-order valence-corrected chi connectivity index (χ0v) is 15.4. The number of halogens is 1. The van der Waals surface area contributed by atoms with Gasteiger partial charge in [0, 0.05) is 11.6 Å². The van der Waals surface area contributed by atoms with E-state index in [2.05, 4.69) is 5.32 Å². The van der Waals surface area contributed by atoms with Crippen LogP contribution in [0, 0.1) is 11.3 Å². The van der Waals surface area contributed by atoms with E-state index in [4.69, 9.17) is 26.3 Å². The first-order valence-corrected chi connectivity index (χ1v) is 8.76. The van der Waals surface area contributed by atoms with Gasteiger partial charge in [0.15, 0.2) is 11.5 Å². The highest BCUT2D eigenvalue weighted by atomic mass is 35.5. The fourth-order valence-corrected chi connectivity index (χ4v) is 2.44. The molecule has 26 heavy (non-hydrogen) atoms. The second-order valence-corrected chi connectivity index (χ2v) is 6.00. The largest absolute Gasteiger partial charge is 0.490 e. The maximum absolute atomic E-state index is 11.3. The Kier molecular flexibility index (Phi) is 7.78. The second kappa shape index (κ2) is 10.3. The lowest BCUT2D eigenvalue weighted by molar-refractivity contribution is -0.120. The molecule has 0 radical (unpaired) electrons. The van der Waals surface area contributed by atoms with E-state index in [0.29, 0.717) is 42.7 Å². The molecule has 0 saturated carbocycles. The number of ether oxygens (including phenoxy) is 2. The van der Waals surface area contributed by atoms with Crippen LogP contribution in [0.15, 0.2) is 42.5 Å². The zero-order valence-electron chi connectivity index (χ0n) is 14.6. The average Bonchev–Trinajstić information content (AvgIpc) is 2.63. The Labute approximate surface area is 158 Å². The molecule has 0 aliphatic heterocycles. The van der Waals surface area contributed by atoms with Gasteiger partial charge in [-0.2, -0.15) is 5.26 Å². The van der Waals surface area contributed by atoms with Crippen LogP contribution in [0.4, 0.5) is 0 Å². The van der Waals surface area contributed by atoms with E-state index in [1.807, 2.05) is 55.5 Å². The summed E-state index contributed by atoms with van der Waals surface area (Å²) in [6.45, 7) is 3.33. The number of rotatable bonds is 9. The van der Waals surface area contributed by atoms with E-state index in [9.17, 15) is 4.79 Å². The highest BCUT2D eigenvalue weighted by Crippen LogP contribution is 2.29. The van der Waals surface area contributed by atoms with Crippen LogP contribution in [-0.4, -0.2) is 19.1 Å². The molecule has 2 rings (SSSR count). The average molecular weight is 373 g/mol. The summed E-state index contributed by atoms with van der Waals surface area (Å²) >= 11 is 5.89. The first kappa shape index (κ1) is 19.6. The van der Waals surface area contributed by atoms with Crippen LogP contribution in [0.25, 0.3) is 0 Å². The second-order valence-electron chi connectivity index (χ2n) is 5.56. The van der Waals surface area contributed by atoms with Gasteiger partial charge in [-0.05, 0) is 48.7 Å². The van der Waals surface area contributed by atoms with E-state index in [-0.39, 0.29) is 12.3 Å². The minimum Gasteiger partial charge on any atom is -0.490 e. The van der Waals surface area contributed by atoms with Crippen molar-refractivity contribution in [1.82, 2.24) is 5.32 Å². The Balaban J connectivity index is 1.97. The number of nitriles is 1. The molecule has 0 fully saturated rings. The fourth-order valence-electron chi connectivity index (χ4n) is 2.32. The lowest BCUT2D eigenvalue weighted by Crippen LogP contribution is -2.24. The molecule has 2 aromatic rings. The molecular weight excluding hydrogens is 352 g/mol. The molecule has 0 heterocycles. The number of benzene rings is 2. The molecule has 0 bridgehead atoms. The molecule has 0 aliphatic rings. The first-order chi connectivity index (χ1) is 12.6. The van der Waals surface area contributed by atoms with Gasteiger partial charge in [-0.3, -0.25) is 4.79 Å². The summed E-state index contributed by atoms with van der Waals surface area (Å²) in [5.74, 6) is 1.07. The number of carbonyl (C=O) groups excluding carboxylic acids is 1. The molecule has 5 nitrogen and oxygen atoms in total. The summed E-state index contributed by atoms with van der Waals surface area (Å²) in [4.78, 5) is 11.3. The lowest BCUT2D eigenvalue weighted by Gasteiger charge is -2.14. The molecule has 6 heteroatoms. The maximum atomic E-state index is 11.3. The molecule has 1 N–H and O–H groups in total. The van der Waals surface area contributed by atoms with Crippen LogP contribution in [0.3, 0.4) is 0 Å². The van der Waals surface area contributed by atoms with Crippen molar-refractivity contribution in [2.45, 2.75) is 26.4 Å². The molecule has 2 aromatic carbocycles. The molecule has 136 valence electrons. The van der Waals surface area contributed by atoms with E-state index >= 15 is 0 Å². The zero-order chi connectivity index (χ0) is 18.8. The highest BCUT2D eigenvalue weighted by molar-refractivity contribution is 6.30. The Hall–Kier alpha value is -2.71. The van der Waals surface area contributed by atoms with Gasteiger partial charge in [-0.15, -0.1) is 0 Å². The van der Waals surface area contributed by atoms with E-state index < -0.39 is 0 Å². The third-order valence-corrected chi connectivity index (χ3v) is 3.84. The van der Waals surface area contributed by atoms with Crippen LogP contribution in [0.5, 0.6) is 11.5 Å². The quantitative estimate of drug-likeness (QED) is 0.724. The van der Waals surface area contributed by atoms with Gasteiger partial charge >= 0.3 is 0 Å². The van der Waals surface area contributed by atoms with Crippen molar-refractivity contribution in [2.75, 3.05) is 13.2 Å². The van der Waals surface area contributed by atoms with Crippen LogP contribution < -0.4 is 14.8 Å². The minimum atomic E-state index is -0.263. The van der Waals surface area contributed by atoms with Gasteiger partial charge in [0.25, 0.3) is 0 Å². The number of nitrogens with one attached hydrogen (secondary N) is 1. The summed E-state index contributed by atoms with van der Waals surface area (Å²) in [7, 11) is 0. The lowest BCUT2D eigenvalue weighted by atomic mass is 10.1. The predicted octanol–water partition coefficient (Wildman–Crippen LogP) is 3.89. The Morgan fingerprint density at radius 3 is 2.54 bits per heavy atom. The summed E-state index contributed by atoms with van der Waals surface area (Å²) in [6.07, 6.45) is 0.524. The SMILES string of the molecule is CCOc1cc(CCNC(=O)CC#N)ccc1OCc1ccc(Cl)cc1. The van der Waals surface area contributed by atoms with Crippen LogP contribution in [-0.2, 0) is 17.8 Å². The number of carbonyl (C=O) groups is 1. The number of hydrogen-bond acceptors (Lipinski definition) is 4. The van der Waals surface area contributed by atoms with Crippen molar-refractivity contribution in [1.29, 1.82) is 5.26 Å². The van der Waals surface area contributed by atoms with Crippen LogP contribution in [0.1, 0.15) is 24.5 Å². The topological polar surface area (TPSA) is 71.3 Å². The smallest absolute Gasteiger partial charge is 0.234 e. The first-order valence-electron chi connectivity index (χ1n) is 8.39.